The summed E-state index contributed by atoms with van der Waals surface area (Å²) in [5, 5.41) is 5.65. The maximum Gasteiger partial charge on any atom is 0.257 e. The Hall–Kier alpha value is -2.40. The van der Waals surface area contributed by atoms with E-state index in [9.17, 15) is 9.59 Å². The van der Waals surface area contributed by atoms with Crippen LogP contribution in [0.3, 0.4) is 0 Å². The molecule has 20 heavy (non-hydrogen) atoms. The molecule has 2 amide bonds. The number of rotatable bonds is 3. The normalized spacial score (nSPS) is 9.90. The predicted molar refractivity (Wildman–Crippen MR) is 77.9 cm³/mol. The number of halogens is 1. The first kappa shape index (κ1) is 14.0. The third-order valence-electron chi connectivity index (χ3n) is 2.48. The van der Waals surface area contributed by atoms with Crippen LogP contribution < -0.4 is 10.6 Å². The minimum absolute atomic E-state index is 0.148. The zero-order valence-electron chi connectivity index (χ0n) is 10.7. The van der Waals surface area contributed by atoms with Crippen LogP contribution in [0.25, 0.3) is 0 Å². The van der Waals surface area contributed by atoms with Gasteiger partial charge in [-0.05, 0) is 30.3 Å². The fourth-order valence-corrected chi connectivity index (χ4v) is 1.80. The largest absolute Gasteiger partial charge is 0.326 e. The summed E-state index contributed by atoms with van der Waals surface area (Å²) in [4.78, 5) is 26.7. The summed E-state index contributed by atoms with van der Waals surface area (Å²) in [6.07, 6.45) is 2.91. The quantitative estimate of drug-likeness (QED) is 0.912. The minimum atomic E-state index is -0.315. The number of anilines is 2. The Bertz CT molecular complexity index is 641. The molecule has 1 aromatic carbocycles. The summed E-state index contributed by atoms with van der Waals surface area (Å²) in [5.41, 5.74) is 1.63. The number of amides is 2. The molecule has 102 valence electrons. The summed E-state index contributed by atoms with van der Waals surface area (Å²) < 4.78 is 0. The number of hydrogen-bond acceptors (Lipinski definition) is 3. The Kier molecular flexibility index (Phi) is 4.32. The molecule has 0 fully saturated rings. The lowest BCUT2D eigenvalue weighted by Crippen LogP contribution is -2.12. The van der Waals surface area contributed by atoms with Gasteiger partial charge in [-0.25, -0.2) is 0 Å². The third-order valence-corrected chi connectivity index (χ3v) is 2.78. The van der Waals surface area contributed by atoms with Gasteiger partial charge in [0.25, 0.3) is 5.91 Å². The molecule has 1 aromatic heterocycles. The van der Waals surface area contributed by atoms with Crippen molar-refractivity contribution < 1.29 is 9.59 Å². The summed E-state index contributed by atoms with van der Waals surface area (Å²) in [7, 11) is 0. The molecule has 2 rings (SSSR count). The molecule has 0 atom stereocenters. The number of carbonyl (C=O) groups excluding carboxylic acids is 2. The summed E-state index contributed by atoms with van der Waals surface area (Å²) >= 11 is 5.90. The number of benzene rings is 1. The Morgan fingerprint density at radius 1 is 1.05 bits per heavy atom. The topological polar surface area (TPSA) is 71.1 Å². The minimum Gasteiger partial charge on any atom is -0.326 e. The van der Waals surface area contributed by atoms with Gasteiger partial charge in [0.05, 0.1) is 10.6 Å². The van der Waals surface area contributed by atoms with Crippen molar-refractivity contribution in [3.05, 3.63) is 53.3 Å². The number of hydrogen-bond donors (Lipinski definition) is 2. The third kappa shape index (κ3) is 3.55. The van der Waals surface area contributed by atoms with Gasteiger partial charge in [-0.2, -0.15) is 0 Å². The first-order valence-corrected chi connectivity index (χ1v) is 6.22. The van der Waals surface area contributed by atoms with Crippen LogP contribution in [0.4, 0.5) is 11.4 Å². The molecular formula is C14H12ClN3O2. The van der Waals surface area contributed by atoms with Crippen LogP contribution >= 0.6 is 11.6 Å². The Morgan fingerprint density at radius 3 is 2.20 bits per heavy atom. The lowest BCUT2D eigenvalue weighted by molar-refractivity contribution is -0.114. The molecule has 2 N–H and O–H groups in total. The molecule has 1 heterocycles. The molecule has 0 aliphatic heterocycles. The van der Waals surface area contributed by atoms with Crippen LogP contribution in [0.2, 0.25) is 5.02 Å². The van der Waals surface area contributed by atoms with Crippen LogP contribution in [0.1, 0.15) is 17.3 Å². The average molecular weight is 290 g/mol. The molecule has 0 bridgehead atoms. The van der Waals surface area contributed by atoms with Crippen LogP contribution in [0.15, 0.2) is 42.7 Å². The molecular weight excluding hydrogens is 278 g/mol. The SMILES string of the molecule is CC(=O)Nc1ccc(NC(=O)c2ccncc2Cl)cc1. The van der Waals surface area contributed by atoms with Crippen LogP contribution in [0, 0.1) is 0 Å². The Labute approximate surface area is 121 Å². The molecule has 0 saturated heterocycles. The predicted octanol–water partition coefficient (Wildman–Crippen LogP) is 2.95. The van der Waals surface area contributed by atoms with Crippen molar-refractivity contribution in [3.63, 3.8) is 0 Å². The van der Waals surface area contributed by atoms with E-state index in [2.05, 4.69) is 15.6 Å². The average Bonchev–Trinajstić information content (AvgIpc) is 2.41. The lowest BCUT2D eigenvalue weighted by Gasteiger charge is -2.07. The highest BCUT2D eigenvalue weighted by molar-refractivity contribution is 6.34. The molecule has 2 aromatic rings. The standard InChI is InChI=1S/C14H12ClN3O2/c1-9(19)17-10-2-4-11(5-3-10)18-14(20)12-6-7-16-8-13(12)15/h2-8H,1H3,(H,17,19)(H,18,20). The van der Waals surface area contributed by atoms with E-state index in [-0.39, 0.29) is 11.8 Å². The highest BCUT2D eigenvalue weighted by Gasteiger charge is 2.10. The van der Waals surface area contributed by atoms with Crippen molar-refractivity contribution in [3.8, 4) is 0 Å². The Morgan fingerprint density at radius 2 is 1.65 bits per heavy atom. The van der Waals surface area contributed by atoms with E-state index < -0.39 is 0 Å². The number of pyridine rings is 1. The van der Waals surface area contributed by atoms with Crippen molar-refractivity contribution in [2.45, 2.75) is 6.92 Å². The van der Waals surface area contributed by atoms with Gasteiger partial charge in [-0.15, -0.1) is 0 Å². The van der Waals surface area contributed by atoms with E-state index >= 15 is 0 Å². The van der Waals surface area contributed by atoms with Gasteiger partial charge in [0.1, 0.15) is 0 Å². The summed E-state index contributed by atoms with van der Waals surface area (Å²) in [6.45, 7) is 1.43. The van der Waals surface area contributed by atoms with Crippen molar-refractivity contribution >= 4 is 34.8 Å². The number of nitrogens with zero attached hydrogens (tertiary/aromatic N) is 1. The van der Waals surface area contributed by atoms with Crippen molar-refractivity contribution in [2.75, 3.05) is 10.6 Å². The molecule has 0 aliphatic carbocycles. The molecule has 0 spiro atoms. The van der Waals surface area contributed by atoms with Gasteiger partial charge < -0.3 is 10.6 Å². The number of carbonyl (C=O) groups is 2. The van der Waals surface area contributed by atoms with Crippen molar-refractivity contribution in [1.29, 1.82) is 0 Å². The first-order chi connectivity index (χ1) is 9.56. The van der Waals surface area contributed by atoms with Gasteiger partial charge in [0, 0.05) is 30.7 Å². The van der Waals surface area contributed by atoms with Crippen molar-refractivity contribution in [2.24, 2.45) is 0 Å². The summed E-state index contributed by atoms with van der Waals surface area (Å²) in [6, 6.07) is 8.33. The van der Waals surface area contributed by atoms with E-state index in [0.29, 0.717) is 22.0 Å². The molecule has 0 aliphatic rings. The van der Waals surface area contributed by atoms with Gasteiger partial charge >= 0.3 is 0 Å². The Balaban J connectivity index is 2.09. The fraction of sp³-hybridized carbons (Fsp3) is 0.0714. The van der Waals surface area contributed by atoms with Gasteiger partial charge in [-0.3, -0.25) is 14.6 Å². The second-order valence-corrected chi connectivity index (χ2v) is 4.48. The van der Waals surface area contributed by atoms with E-state index in [1.165, 1.54) is 19.3 Å². The van der Waals surface area contributed by atoms with Crippen LogP contribution in [-0.2, 0) is 4.79 Å². The van der Waals surface area contributed by atoms with E-state index in [0.717, 1.165) is 0 Å². The molecule has 0 saturated carbocycles. The molecule has 6 heteroatoms. The van der Waals surface area contributed by atoms with Gasteiger partial charge in [0.2, 0.25) is 5.91 Å². The van der Waals surface area contributed by atoms with Crippen molar-refractivity contribution in [1.82, 2.24) is 4.98 Å². The molecule has 0 unspecified atom stereocenters. The van der Waals surface area contributed by atoms with E-state index in [1.54, 1.807) is 30.3 Å². The second-order valence-electron chi connectivity index (χ2n) is 4.07. The smallest absolute Gasteiger partial charge is 0.257 e. The highest BCUT2D eigenvalue weighted by Crippen LogP contribution is 2.17. The number of nitrogens with one attached hydrogen (secondary N) is 2. The monoisotopic (exact) mass is 289 g/mol. The fourth-order valence-electron chi connectivity index (χ4n) is 1.60. The first-order valence-electron chi connectivity index (χ1n) is 5.85. The second kappa shape index (κ2) is 6.16. The zero-order valence-corrected chi connectivity index (χ0v) is 11.4. The maximum atomic E-state index is 12.0. The molecule has 0 radical (unpaired) electrons. The van der Waals surface area contributed by atoms with Gasteiger partial charge in [0.15, 0.2) is 0 Å². The lowest BCUT2D eigenvalue weighted by atomic mass is 10.2. The van der Waals surface area contributed by atoms with E-state index in [4.69, 9.17) is 11.6 Å². The zero-order chi connectivity index (χ0) is 14.5. The number of aromatic nitrogens is 1. The van der Waals surface area contributed by atoms with Crippen LogP contribution in [-0.4, -0.2) is 16.8 Å². The van der Waals surface area contributed by atoms with Crippen LogP contribution in [0.5, 0.6) is 0 Å². The summed E-state index contributed by atoms with van der Waals surface area (Å²) in [5.74, 6) is -0.463. The maximum absolute atomic E-state index is 12.0. The van der Waals surface area contributed by atoms with E-state index in [1.807, 2.05) is 0 Å². The van der Waals surface area contributed by atoms with Gasteiger partial charge in [-0.1, -0.05) is 11.6 Å². The molecule has 5 nitrogen and oxygen atoms in total. The highest BCUT2D eigenvalue weighted by atomic mass is 35.5.